The first-order chi connectivity index (χ1) is 27.7. The fourth-order valence-corrected chi connectivity index (χ4v) is 7.84. The molecular formula is C50H84O7P2. The molecule has 1 unspecified atom stereocenters. The molecule has 1 atom stereocenters. The van der Waals surface area contributed by atoms with Crippen molar-refractivity contribution in [2.24, 2.45) is 0 Å². The van der Waals surface area contributed by atoms with Gasteiger partial charge in [-0.15, -0.1) is 0 Å². The van der Waals surface area contributed by atoms with E-state index < -0.39 is 15.6 Å². The molecule has 0 aliphatic carbocycles. The van der Waals surface area contributed by atoms with Gasteiger partial charge in [0, 0.05) is 0 Å². The van der Waals surface area contributed by atoms with Gasteiger partial charge in [-0.25, -0.2) is 9.13 Å². The third-order valence-electron chi connectivity index (χ3n) is 10.2. The molecule has 336 valence electrons. The quantitative estimate of drug-likeness (QED) is 0.0456. The van der Waals surface area contributed by atoms with Crippen LogP contribution in [-0.2, 0) is 18.0 Å². The molecule has 0 heterocycles. The zero-order valence-corrected chi connectivity index (χ0v) is 40.9. The molecule has 0 aliphatic rings. The Hall–Kier alpha value is -2.34. The van der Waals surface area contributed by atoms with Crippen LogP contribution < -0.4 is 0 Å². The maximum Gasteiger partial charge on any atom is 0.481 e. The minimum absolute atomic E-state index is 0.273. The van der Waals surface area contributed by atoms with Crippen LogP contribution in [0.25, 0.3) is 0 Å². The van der Waals surface area contributed by atoms with Gasteiger partial charge in [-0.3, -0.25) is 4.52 Å². The van der Waals surface area contributed by atoms with Crippen LogP contribution in [0, 0.1) is 0 Å². The average molecular weight is 859 g/mol. The van der Waals surface area contributed by atoms with Crippen molar-refractivity contribution in [1.29, 1.82) is 0 Å². The van der Waals surface area contributed by atoms with Crippen LogP contribution >= 0.6 is 15.6 Å². The third-order valence-corrected chi connectivity index (χ3v) is 12.4. The second-order valence-electron chi connectivity index (χ2n) is 16.9. The van der Waals surface area contributed by atoms with Crippen molar-refractivity contribution in [3.63, 3.8) is 0 Å². The maximum absolute atomic E-state index is 11.5. The highest BCUT2D eigenvalue weighted by Gasteiger charge is 2.31. The molecule has 0 aromatic rings. The second kappa shape index (κ2) is 33.3. The van der Waals surface area contributed by atoms with Gasteiger partial charge >= 0.3 is 15.6 Å². The molecule has 0 spiro atoms. The molecule has 0 radical (unpaired) electrons. The summed E-state index contributed by atoms with van der Waals surface area (Å²) in [6.45, 7) is 23.9. The highest BCUT2D eigenvalue weighted by atomic mass is 31.3. The van der Waals surface area contributed by atoms with Gasteiger partial charge in [0.2, 0.25) is 0 Å². The zero-order chi connectivity index (χ0) is 44.7. The number of hydrogen-bond donors (Lipinski definition) is 3. The molecule has 0 saturated carbocycles. The van der Waals surface area contributed by atoms with Crippen LogP contribution in [0.15, 0.2) is 116 Å². The average Bonchev–Trinajstić information content (AvgIpc) is 3.10. The Morgan fingerprint density at radius 1 is 0.356 bits per heavy atom. The Labute approximate surface area is 361 Å². The van der Waals surface area contributed by atoms with Gasteiger partial charge in [-0.1, -0.05) is 116 Å². The van der Waals surface area contributed by atoms with Gasteiger partial charge in [-0.05, 0) is 192 Å². The first-order valence-electron chi connectivity index (χ1n) is 22.0. The van der Waals surface area contributed by atoms with Crippen molar-refractivity contribution in [2.75, 3.05) is 6.61 Å². The summed E-state index contributed by atoms with van der Waals surface area (Å²) in [7, 11) is -9.91. The van der Waals surface area contributed by atoms with Crippen molar-refractivity contribution >= 4 is 15.6 Å². The zero-order valence-electron chi connectivity index (χ0n) is 39.1. The standard InChI is InChI=1S/C50H84O7P2/c1-41(2)21-12-22-42(3)23-13-24-43(4)25-14-26-44(5)27-15-28-45(6)29-16-30-46(7)31-17-32-47(8)33-18-34-48(9)35-19-36-49(10)37-20-38-50(11)39-40-56-59(54,55)57-58(51,52)53/h21,23,25,27,29,31,33,35,37,39H,12-20,22,24,26,28,30,32,34,36,38,40H2,1-11H3,(H,54,55)(H2,51,52,53)/b42-23+,43-25+,44-27-,45-29-,46-31-,47-33-,48-35-,49-37-,50-39-. The SMILES string of the molecule is CC(C)=CCC/C(C)=C/CC/C(C)=C/CC/C(C)=C\CC/C(C)=C\CC/C(C)=C\CC/C(C)=C\CC/C(C)=C\CC/C(C)=C\CC/C(C)=C\COP(=O)(O)OP(=O)(O)O. The first kappa shape index (κ1) is 56.7. The van der Waals surface area contributed by atoms with Crippen molar-refractivity contribution in [2.45, 2.75) is 192 Å². The third kappa shape index (κ3) is 38.3. The van der Waals surface area contributed by atoms with E-state index >= 15 is 0 Å². The summed E-state index contributed by atoms with van der Waals surface area (Å²) in [6, 6.07) is 0. The Kier molecular flexibility index (Phi) is 32.0. The van der Waals surface area contributed by atoms with Gasteiger partial charge in [0.05, 0.1) is 6.61 Å². The lowest BCUT2D eigenvalue weighted by molar-refractivity contribution is 0.191. The fraction of sp³-hybridized carbons (Fsp3) is 0.600. The summed E-state index contributed by atoms with van der Waals surface area (Å²) in [6.07, 6.45) is 42.5. The van der Waals surface area contributed by atoms with Crippen LogP contribution in [0.5, 0.6) is 0 Å². The molecule has 0 fully saturated rings. The van der Waals surface area contributed by atoms with Gasteiger partial charge in [0.25, 0.3) is 0 Å². The van der Waals surface area contributed by atoms with Gasteiger partial charge in [-0.2, -0.15) is 4.31 Å². The predicted octanol–water partition coefficient (Wildman–Crippen LogP) is 16.7. The van der Waals surface area contributed by atoms with E-state index in [9.17, 15) is 14.0 Å². The molecule has 0 saturated heterocycles. The van der Waals surface area contributed by atoms with E-state index in [1.54, 1.807) is 6.08 Å². The molecule has 0 rings (SSSR count). The topological polar surface area (TPSA) is 113 Å². The molecule has 7 nitrogen and oxygen atoms in total. The Bertz CT molecular complexity index is 1640. The number of hydrogen-bond acceptors (Lipinski definition) is 4. The monoisotopic (exact) mass is 859 g/mol. The first-order valence-corrected chi connectivity index (χ1v) is 25.0. The molecule has 9 heteroatoms. The summed E-state index contributed by atoms with van der Waals surface area (Å²) in [5.41, 5.74) is 14.1. The Morgan fingerprint density at radius 2 is 0.559 bits per heavy atom. The van der Waals surface area contributed by atoms with Crippen molar-refractivity contribution < 1.29 is 32.6 Å². The fourth-order valence-electron chi connectivity index (χ4n) is 6.31. The number of rotatable bonds is 32. The lowest BCUT2D eigenvalue weighted by atomic mass is 10.0. The van der Waals surface area contributed by atoms with Gasteiger partial charge in [0.1, 0.15) is 0 Å². The lowest BCUT2D eigenvalue weighted by Crippen LogP contribution is -1.94. The van der Waals surface area contributed by atoms with Crippen LogP contribution in [0.1, 0.15) is 192 Å². The largest absolute Gasteiger partial charge is 0.481 e. The summed E-state index contributed by atoms with van der Waals surface area (Å²) in [4.78, 5) is 26.6. The van der Waals surface area contributed by atoms with E-state index in [0.29, 0.717) is 0 Å². The van der Waals surface area contributed by atoms with Crippen molar-refractivity contribution in [1.82, 2.24) is 0 Å². The van der Waals surface area contributed by atoms with E-state index in [1.807, 2.05) is 6.92 Å². The number of phosphoric ester groups is 1. The van der Waals surface area contributed by atoms with Crippen molar-refractivity contribution in [3.8, 4) is 0 Å². The van der Waals surface area contributed by atoms with E-state index in [2.05, 4.69) is 133 Å². The smallest absolute Gasteiger partial charge is 0.302 e. The summed E-state index contributed by atoms with van der Waals surface area (Å²) in [5, 5.41) is 0. The molecule has 0 aliphatic heterocycles. The summed E-state index contributed by atoms with van der Waals surface area (Å²) in [5.74, 6) is 0. The normalized spacial score (nSPS) is 15.9. The highest BCUT2D eigenvalue weighted by Crippen LogP contribution is 2.57. The van der Waals surface area contributed by atoms with Gasteiger partial charge < -0.3 is 14.7 Å². The molecule has 0 aromatic carbocycles. The maximum atomic E-state index is 11.5. The van der Waals surface area contributed by atoms with Crippen LogP contribution in [-0.4, -0.2) is 21.3 Å². The van der Waals surface area contributed by atoms with E-state index in [0.717, 1.165) is 108 Å². The molecule has 0 aromatic heterocycles. The summed E-state index contributed by atoms with van der Waals surface area (Å²) >= 11 is 0. The minimum Gasteiger partial charge on any atom is -0.302 e. The number of phosphoric acid groups is 2. The Balaban J connectivity index is 4.30. The minimum atomic E-state index is -5.11. The van der Waals surface area contributed by atoms with Crippen LogP contribution in [0.2, 0.25) is 0 Å². The molecule has 59 heavy (non-hydrogen) atoms. The molecule has 0 bridgehead atoms. The van der Waals surface area contributed by atoms with Crippen molar-refractivity contribution in [3.05, 3.63) is 116 Å². The van der Waals surface area contributed by atoms with E-state index in [1.165, 1.54) is 63.0 Å². The number of allylic oxidation sites excluding steroid dienone is 19. The van der Waals surface area contributed by atoms with Crippen LogP contribution in [0.3, 0.4) is 0 Å². The van der Waals surface area contributed by atoms with Gasteiger partial charge in [0.15, 0.2) is 0 Å². The highest BCUT2D eigenvalue weighted by molar-refractivity contribution is 7.60. The predicted molar refractivity (Wildman–Crippen MR) is 255 cm³/mol. The molecular weight excluding hydrogens is 774 g/mol. The molecule has 0 amide bonds. The van der Waals surface area contributed by atoms with E-state index in [4.69, 9.17) is 9.79 Å². The Morgan fingerprint density at radius 3 is 0.763 bits per heavy atom. The molecule has 3 N–H and O–H groups in total. The van der Waals surface area contributed by atoms with Crippen LogP contribution in [0.4, 0.5) is 0 Å². The lowest BCUT2D eigenvalue weighted by Gasteiger charge is -2.11. The summed E-state index contributed by atoms with van der Waals surface area (Å²) < 4.78 is 30.6. The van der Waals surface area contributed by atoms with E-state index in [-0.39, 0.29) is 6.61 Å². The second-order valence-corrected chi connectivity index (χ2v) is 19.8.